The predicted octanol–water partition coefficient (Wildman–Crippen LogP) is 2.44. The van der Waals surface area contributed by atoms with Crippen molar-refractivity contribution in [2.45, 2.75) is 19.8 Å². The number of aryl methyl sites for hydroxylation is 1. The van der Waals surface area contributed by atoms with Crippen molar-refractivity contribution in [2.75, 3.05) is 25.0 Å². The van der Waals surface area contributed by atoms with Gasteiger partial charge in [-0.1, -0.05) is 17.7 Å². The van der Waals surface area contributed by atoms with Gasteiger partial charge in [0.15, 0.2) is 0 Å². The van der Waals surface area contributed by atoms with Gasteiger partial charge in [0, 0.05) is 44.6 Å². The molecule has 2 heterocycles. The van der Waals surface area contributed by atoms with Crippen molar-refractivity contribution >= 4 is 17.5 Å². The normalized spacial score (nSPS) is 17.0. The molecule has 1 atom stereocenters. The molecule has 0 saturated carbocycles. The number of amides is 2. The molecule has 1 aromatic heterocycles. The fourth-order valence-electron chi connectivity index (χ4n) is 3.12. The molecule has 1 aliphatic rings. The number of carbonyl (C=O) groups is 2. The van der Waals surface area contributed by atoms with Crippen LogP contribution in [0.25, 0.3) is 0 Å². The van der Waals surface area contributed by atoms with Crippen molar-refractivity contribution in [2.24, 2.45) is 5.92 Å². The highest BCUT2D eigenvalue weighted by Crippen LogP contribution is 2.26. The summed E-state index contributed by atoms with van der Waals surface area (Å²) < 4.78 is 0. The lowest BCUT2D eigenvalue weighted by Crippen LogP contribution is -2.36. The van der Waals surface area contributed by atoms with Gasteiger partial charge in [-0.3, -0.25) is 14.6 Å². The Balaban J connectivity index is 1.59. The zero-order valence-electron chi connectivity index (χ0n) is 14.7. The van der Waals surface area contributed by atoms with E-state index in [1.807, 2.05) is 50.4 Å². The molecule has 3 rings (SSSR count). The molecule has 0 bridgehead atoms. The number of likely N-dealkylation sites (N-methyl/N-ethyl adjacent to an activating group) is 1. The van der Waals surface area contributed by atoms with Crippen molar-refractivity contribution in [3.05, 3.63) is 59.9 Å². The molecule has 0 N–H and O–H groups in total. The van der Waals surface area contributed by atoms with E-state index in [0.717, 1.165) is 23.2 Å². The smallest absolute Gasteiger partial charge is 0.227 e. The van der Waals surface area contributed by atoms with Gasteiger partial charge in [0.1, 0.15) is 0 Å². The summed E-state index contributed by atoms with van der Waals surface area (Å²) in [4.78, 5) is 32.5. The van der Waals surface area contributed by atoms with Gasteiger partial charge in [0.2, 0.25) is 11.8 Å². The molecule has 5 nitrogen and oxygen atoms in total. The maximum absolute atomic E-state index is 12.7. The number of nitrogens with zero attached hydrogens (tertiary/aromatic N) is 3. The third-order valence-corrected chi connectivity index (χ3v) is 4.68. The molecular weight excluding hydrogens is 314 g/mol. The second kappa shape index (κ2) is 7.47. The number of aromatic nitrogens is 1. The summed E-state index contributed by atoms with van der Waals surface area (Å²) in [5, 5.41) is 0. The summed E-state index contributed by atoms with van der Waals surface area (Å²) in [5.74, 6) is -0.210. The highest BCUT2D eigenvalue weighted by atomic mass is 16.2. The number of hydrogen-bond donors (Lipinski definition) is 0. The molecule has 1 unspecified atom stereocenters. The molecule has 130 valence electrons. The van der Waals surface area contributed by atoms with Gasteiger partial charge in [-0.05, 0) is 43.2 Å². The Labute approximate surface area is 148 Å². The van der Waals surface area contributed by atoms with E-state index in [1.165, 1.54) is 0 Å². The second-order valence-electron chi connectivity index (χ2n) is 6.61. The average Bonchev–Trinajstić information content (AvgIpc) is 3.02. The van der Waals surface area contributed by atoms with Crippen LogP contribution in [0.15, 0.2) is 48.8 Å². The van der Waals surface area contributed by atoms with Crippen LogP contribution in [0.4, 0.5) is 5.69 Å². The molecule has 1 fully saturated rings. The molecule has 2 amide bonds. The Morgan fingerprint density at radius 2 is 1.88 bits per heavy atom. The number of hydrogen-bond acceptors (Lipinski definition) is 3. The lowest BCUT2D eigenvalue weighted by atomic mass is 10.1. The molecule has 25 heavy (non-hydrogen) atoms. The lowest BCUT2D eigenvalue weighted by Gasteiger charge is -2.21. The van der Waals surface area contributed by atoms with Crippen LogP contribution in [0.3, 0.4) is 0 Å². The Kier molecular flexibility index (Phi) is 5.12. The first-order chi connectivity index (χ1) is 12.0. The minimum Gasteiger partial charge on any atom is -0.345 e. The minimum absolute atomic E-state index is 0.0183. The summed E-state index contributed by atoms with van der Waals surface area (Å²) >= 11 is 0. The number of pyridine rings is 1. The van der Waals surface area contributed by atoms with Gasteiger partial charge in [0.05, 0.1) is 5.92 Å². The molecule has 0 aliphatic carbocycles. The van der Waals surface area contributed by atoms with E-state index in [2.05, 4.69) is 4.98 Å². The van der Waals surface area contributed by atoms with Crippen LogP contribution in [0.5, 0.6) is 0 Å². The van der Waals surface area contributed by atoms with Crippen molar-refractivity contribution < 1.29 is 9.59 Å². The Hall–Kier alpha value is -2.69. The predicted molar refractivity (Wildman–Crippen MR) is 97.2 cm³/mol. The number of anilines is 1. The van der Waals surface area contributed by atoms with Gasteiger partial charge in [-0.15, -0.1) is 0 Å². The van der Waals surface area contributed by atoms with Gasteiger partial charge < -0.3 is 9.80 Å². The van der Waals surface area contributed by atoms with E-state index in [1.54, 1.807) is 22.2 Å². The fraction of sp³-hybridized carbons (Fsp3) is 0.350. The largest absolute Gasteiger partial charge is 0.345 e. The van der Waals surface area contributed by atoms with E-state index < -0.39 is 0 Å². The van der Waals surface area contributed by atoms with E-state index in [4.69, 9.17) is 0 Å². The fourth-order valence-corrected chi connectivity index (χ4v) is 3.12. The zero-order valence-corrected chi connectivity index (χ0v) is 14.7. The lowest BCUT2D eigenvalue weighted by molar-refractivity contribution is -0.134. The molecular formula is C20H23N3O2. The molecule has 2 aromatic rings. The van der Waals surface area contributed by atoms with Gasteiger partial charge >= 0.3 is 0 Å². The van der Waals surface area contributed by atoms with E-state index in [9.17, 15) is 9.59 Å². The summed E-state index contributed by atoms with van der Waals surface area (Å²) in [6.07, 6.45) is 4.58. The molecule has 5 heteroatoms. The monoisotopic (exact) mass is 337 g/mol. The van der Waals surface area contributed by atoms with Crippen LogP contribution >= 0.6 is 0 Å². The van der Waals surface area contributed by atoms with Crippen LogP contribution in [0, 0.1) is 12.8 Å². The van der Waals surface area contributed by atoms with E-state index >= 15 is 0 Å². The quantitative estimate of drug-likeness (QED) is 0.842. The second-order valence-corrected chi connectivity index (χ2v) is 6.61. The summed E-state index contributed by atoms with van der Waals surface area (Å²) in [7, 11) is 1.81. The first-order valence-electron chi connectivity index (χ1n) is 8.55. The maximum Gasteiger partial charge on any atom is 0.227 e. The Morgan fingerprint density at radius 3 is 2.56 bits per heavy atom. The number of carbonyl (C=O) groups excluding carboxylic acids is 2. The summed E-state index contributed by atoms with van der Waals surface area (Å²) in [6.45, 7) is 3.11. The topological polar surface area (TPSA) is 53.5 Å². The number of benzene rings is 1. The van der Waals surface area contributed by atoms with E-state index in [0.29, 0.717) is 13.1 Å². The van der Waals surface area contributed by atoms with Gasteiger partial charge in [-0.2, -0.15) is 0 Å². The van der Waals surface area contributed by atoms with Crippen LogP contribution in [0.1, 0.15) is 17.5 Å². The Bertz CT molecular complexity index is 743. The van der Waals surface area contributed by atoms with Gasteiger partial charge in [-0.25, -0.2) is 0 Å². The number of rotatable bonds is 5. The Morgan fingerprint density at radius 1 is 1.20 bits per heavy atom. The maximum atomic E-state index is 12.7. The molecule has 1 aromatic carbocycles. The molecule has 0 spiro atoms. The van der Waals surface area contributed by atoms with E-state index in [-0.39, 0.29) is 24.2 Å². The third-order valence-electron chi connectivity index (χ3n) is 4.68. The average molecular weight is 337 g/mol. The molecule has 1 aliphatic heterocycles. The standard InChI is InChI=1S/C20H23N3O2/c1-15-3-5-18(6-4-15)23-14-17(13-19(23)24)20(25)22(2)12-9-16-7-10-21-11-8-16/h3-8,10-11,17H,9,12-14H2,1-2H3. The van der Waals surface area contributed by atoms with Crippen LogP contribution in [0.2, 0.25) is 0 Å². The summed E-state index contributed by atoms with van der Waals surface area (Å²) in [5.41, 5.74) is 3.17. The highest BCUT2D eigenvalue weighted by molar-refractivity contribution is 6.00. The van der Waals surface area contributed by atoms with Crippen molar-refractivity contribution in [3.63, 3.8) is 0 Å². The van der Waals surface area contributed by atoms with Crippen LogP contribution < -0.4 is 4.90 Å². The SMILES string of the molecule is Cc1ccc(N2CC(C(=O)N(C)CCc3ccncc3)CC2=O)cc1. The highest BCUT2D eigenvalue weighted by Gasteiger charge is 2.36. The zero-order chi connectivity index (χ0) is 17.8. The van der Waals surface area contributed by atoms with Gasteiger partial charge in [0.25, 0.3) is 0 Å². The molecule has 0 radical (unpaired) electrons. The van der Waals surface area contributed by atoms with Crippen molar-refractivity contribution in [1.29, 1.82) is 0 Å². The van der Waals surface area contributed by atoms with Crippen LogP contribution in [-0.4, -0.2) is 41.8 Å². The molecule has 1 saturated heterocycles. The first kappa shape index (κ1) is 17.1. The van der Waals surface area contributed by atoms with Crippen LogP contribution in [-0.2, 0) is 16.0 Å². The summed E-state index contributed by atoms with van der Waals surface area (Å²) in [6, 6.07) is 11.8. The minimum atomic E-state index is -0.267. The van der Waals surface area contributed by atoms with Crippen molar-refractivity contribution in [1.82, 2.24) is 9.88 Å². The first-order valence-corrected chi connectivity index (χ1v) is 8.55. The third kappa shape index (κ3) is 4.05. The van der Waals surface area contributed by atoms with Crippen molar-refractivity contribution in [3.8, 4) is 0 Å².